The molecule has 32 heavy (non-hydrogen) atoms. The Morgan fingerprint density at radius 1 is 0.969 bits per heavy atom. The van der Waals surface area contributed by atoms with Crippen LogP contribution in [0.1, 0.15) is 54.7 Å². The Bertz CT molecular complexity index is 1070. The van der Waals surface area contributed by atoms with E-state index in [0.29, 0.717) is 5.56 Å². The molecule has 0 aliphatic rings. The number of carbonyl (C=O) groups excluding carboxylic acids is 1. The van der Waals surface area contributed by atoms with Crippen LogP contribution in [0.15, 0.2) is 77.7 Å². The number of ketones is 1. The van der Waals surface area contributed by atoms with Crippen LogP contribution in [0.4, 0.5) is 11.4 Å². The molecule has 1 atom stereocenters. The summed E-state index contributed by atoms with van der Waals surface area (Å²) in [5, 5.41) is 14.3. The number of nitrogens with zero attached hydrogens (tertiary/aromatic N) is 1. The van der Waals surface area contributed by atoms with Crippen molar-refractivity contribution < 1.29 is 9.72 Å². The largest absolute Gasteiger partial charge is 0.378 e. The molecule has 0 amide bonds. The number of hydrogen-bond donors (Lipinski definition) is 1. The fourth-order valence-electron chi connectivity index (χ4n) is 3.43. The molecule has 0 aliphatic heterocycles. The molecule has 0 fully saturated rings. The van der Waals surface area contributed by atoms with Gasteiger partial charge in [-0.1, -0.05) is 57.2 Å². The van der Waals surface area contributed by atoms with E-state index in [-0.39, 0.29) is 29.3 Å². The third-order valence-corrected chi connectivity index (χ3v) is 6.14. The Kier molecular flexibility index (Phi) is 7.36. The van der Waals surface area contributed by atoms with E-state index in [9.17, 15) is 14.9 Å². The van der Waals surface area contributed by atoms with Crippen LogP contribution in [0.25, 0.3) is 0 Å². The number of nitro groups is 1. The monoisotopic (exact) mass is 448 g/mol. The highest BCUT2D eigenvalue weighted by Crippen LogP contribution is 2.28. The van der Waals surface area contributed by atoms with Crippen molar-refractivity contribution in [2.75, 3.05) is 11.6 Å². The highest BCUT2D eigenvalue weighted by molar-refractivity contribution is 7.98. The van der Waals surface area contributed by atoms with Gasteiger partial charge in [0.1, 0.15) is 0 Å². The summed E-state index contributed by atoms with van der Waals surface area (Å²) < 4.78 is 0. The highest BCUT2D eigenvalue weighted by Gasteiger charge is 2.19. The average Bonchev–Trinajstić information content (AvgIpc) is 2.78. The molecular formula is C26H28N2O3S. The summed E-state index contributed by atoms with van der Waals surface area (Å²) in [4.78, 5) is 24.8. The van der Waals surface area contributed by atoms with E-state index >= 15 is 0 Å². The van der Waals surface area contributed by atoms with Crippen molar-refractivity contribution in [2.45, 2.75) is 43.5 Å². The second-order valence-electron chi connectivity index (χ2n) is 8.73. The van der Waals surface area contributed by atoms with Gasteiger partial charge >= 0.3 is 0 Å². The van der Waals surface area contributed by atoms with Crippen LogP contribution >= 0.6 is 11.8 Å². The first-order chi connectivity index (χ1) is 15.2. The van der Waals surface area contributed by atoms with E-state index in [2.05, 4.69) is 26.1 Å². The van der Waals surface area contributed by atoms with E-state index in [1.807, 2.05) is 54.8 Å². The zero-order chi connectivity index (χ0) is 23.3. The quantitative estimate of drug-likeness (QED) is 0.173. The minimum Gasteiger partial charge on any atom is -0.378 e. The van der Waals surface area contributed by atoms with Crippen LogP contribution in [-0.4, -0.2) is 17.0 Å². The summed E-state index contributed by atoms with van der Waals surface area (Å²) in [6, 6.07) is 21.9. The summed E-state index contributed by atoms with van der Waals surface area (Å²) in [6.07, 6.45) is 2.29. The zero-order valence-corrected chi connectivity index (χ0v) is 19.6. The van der Waals surface area contributed by atoms with Crippen LogP contribution in [0.2, 0.25) is 0 Å². The van der Waals surface area contributed by atoms with Gasteiger partial charge in [0.05, 0.1) is 11.0 Å². The lowest BCUT2D eigenvalue weighted by molar-refractivity contribution is -0.384. The van der Waals surface area contributed by atoms with Gasteiger partial charge in [0.2, 0.25) is 0 Å². The molecule has 0 spiro atoms. The maximum absolute atomic E-state index is 13.1. The molecule has 0 bridgehead atoms. The third kappa shape index (κ3) is 5.98. The number of thioether (sulfide) groups is 1. The van der Waals surface area contributed by atoms with Crippen molar-refractivity contribution in [1.82, 2.24) is 0 Å². The highest BCUT2D eigenvalue weighted by atomic mass is 32.2. The van der Waals surface area contributed by atoms with Gasteiger partial charge in [0.25, 0.3) is 5.69 Å². The summed E-state index contributed by atoms with van der Waals surface area (Å²) in [5.41, 5.74) is 3.63. The van der Waals surface area contributed by atoms with Crippen molar-refractivity contribution >= 4 is 28.9 Å². The van der Waals surface area contributed by atoms with Gasteiger partial charge in [-0.25, -0.2) is 0 Å². The first kappa shape index (κ1) is 23.5. The molecule has 0 radical (unpaired) electrons. The Morgan fingerprint density at radius 3 is 2.06 bits per heavy atom. The molecule has 3 aromatic carbocycles. The molecule has 1 unspecified atom stereocenters. The molecule has 3 aromatic rings. The summed E-state index contributed by atoms with van der Waals surface area (Å²) in [7, 11) is 0. The summed E-state index contributed by atoms with van der Waals surface area (Å²) in [5.74, 6) is 0.0406. The predicted octanol–water partition coefficient (Wildman–Crippen LogP) is 7.04. The number of hydrogen-bond acceptors (Lipinski definition) is 5. The fourth-order valence-corrected chi connectivity index (χ4v) is 3.84. The third-order valence-electron chi connectivity index (χ3n) is 5.40. The number of anilines is 1. The maximum atomic E-state index is 13.1. The van der Waals surface area contributed by atoms with Gasteiger partial charge < -0.3 is 5.32 Å². The molecule has 0 saturated heterocycles. The topological polar surface area (TPSA) is 72.2 Å². The fraction of sp³-hybridized carbons (Fsp3) is 0.269. The molecule has 1 N–H and O–H groups in total. The number of Topliss-reactive ketones (excluding diaryl/α,β-unsaturated/α-hetero) is 1. The second kappa shape index (κ2) is 10.0. The van der Waals surface area contributed by atoms with Gasteiger partial charge in [0, 0.05) is 34.7 Å². The standard InChI is InChI=1S/C26H28N2O3S/c1-26(2,3)20-9-5-19(6-10-20)25(29)17-24(18-7-15-23(32-4)16-8-18)27-21-11-13-22(14-12-21)28(30)31/h5-16,24,27H,17H2,1-4H3. The predicted molar refractivity (Wildman–Crippen MR) is 132 cm³/mol. The Morgan fingerprint density at radius 2 is 1.56 bits per heavy atom. The minimum absolute atomic E-state index is 0.0284. The lowest BCUT2D eigenvalue weighted by atomic mass is 9.86. The first-order valence-corrected chi connectivity index (χ1v) is 11.7. The van der Waals surface area contributed by atoms with Crippen molar-refractivity contribution in [3.8, 4) is 0 Å². The Balaban J connectivity index is 1.84. The number of rotatable bonds is 8. The van der Waals surface area contributed by atoms with E-state index in [1.165, 1.54) is 17.7 Å². The van der Waals surface area contributed by atoms with Crippen molar-refractivity contribution in [3.05, 3.63) is 99.6 Å². The molecular weight excluding hydrogens is 420 g/mol. The van der Waals surface area contributed by atoms with E-state index < -0.39 is 4.92 Å². The van der Waals surface area contributed by atoms with Crippen LogP contribution in [0, 0.1) is 10.1 Å². The van der Waals surface area contributed by atoms with Gasteiger partial charge in [0.15, 0.2) is 5.78 Å². The van der Waals surface area contributed by atoms with E-state index in [4.69, 9.17) is 0 Å². The van der Waals surface area contributed by atoms with E-state index in [1.54, 1.807) is 23.9 Å². The SMILES string of the molecule is CSc1ccc(C(CC(=O)c2ccc(C(C)(C)C)cc2)Nc2ccc([N+](=O)[O-])cc2)cc1. The molecule has 3 rings (SSSR count). The van der Waals surface area contributed by atoms with E-state index in [0.717, 1.165) is 16.1 Å². The Hall–Kier alpha value is -3.12. The van der Waals surface area contributed by atoms with Gasteiger partial charge in [-0.05, 0) is 47.1 Å². The number of benzene rings is 3. The van der Waals surface area contributed by atoms with Crippen molar-refractivity contribution in [2.24, 2.45) is 0 Å². The number of nitrogens with one attached hydrogen (secondary N) is 1. The molecule has 0 heterocycles. The normalized spacial score (nSPS) is 12.2. The number of carbonyl (C=O) groups is 1. The second-order valence-corrected chi connectivity index (χ2v) is 9.61. The summed E-state index contributed by atoms with van der Waals surface area (Å²) >= 11 is 1.66. The number of nitro benzene ring substituents is 1. The van der Waals surface area contributed by atoms with Gasteiger partial charge in [-0.3, -0.25) is 14.9 Å². The van der Waals surface area contributed by atoms with Gasteiger partial charge in [-0.2, -0.15) is 0 Å². The molecule has 166 valence electrons. The zero-order valence-electron chi connectivity index (χ0n) is 18.8. The summed E-state index contributed by atoms with van der Waals surface area (Å²) in [6.45, 7) is 6.44. The molecule has 5 nitrogen and oxygen atoms in total. The smallest absolute Gasteiger partial charge is 0.269 e. The molecule has 0 aliphatic carbocycles. The molecule has 0 aromatic heterocycles. The number of non-ortho nitro benzene ring substituents is 1. The molecule has 0 saturated carbocycles. The van der Waals surface area contributed by atoms with Crippen LogP contribution < -0.4 is 5.32 Å². The van der Waals surface area contributed by atoms with Crippen molar-refractivity contribution in [3.63, 3.8) is 0 Å². The van der Waals surface area contributed by atoms with Crippen LogP contribution in [0.5, 0.6) is 0 Å². The lowest BCUT2D eigenvalue weighted by Gasteiger charge is -2.21. The lowest BCUT2D eigenvalue weighted by Crippen LogP contribution is -2.16. The molecule has 6 heteroatoms. The Labute approximate surface area is 193 Å². The average molecular weight is 449 g/mol. The first-order valence-electron chi connectivity index (χ1n) is 10.5. The minimum atomic E-state index is -0.423. The van der Waals surface area contributed by atoms with Crippen LogP contribution in [-0.2, 0) is 5.41 Å². The van der Waals surface area contributed by atoms with Crippen molar-refractivity contribution in [1.29, 1.82) is 0 Å². The van der Waals surface area contributed by atoms with Gasteiger partial charge in [-0.15, -0.1) is 11.8 Å². The maximum Gasteiger partial charge on any atom is 0.269 e. The van der Waals surface area contributed by atoms with Crippen LogP contribution in [0.3, 0.4) is 0 Å².